The molecule has 10 heteroatoms. The van der Waals surface area contributed by atoms with Gasteiger partial charge in [0.25, 0.3) is 11.8 Å². The predicted molar refractivity (Wildman–Crippen MR) is 149 cm³/mol. The minimum Gasteiger partial charge on any atom is -0.497 e. The van der Waals surface area contributed by atoms with E-state index < -0.39 is 42.1 Å². The van der Waals surface area contributed by atoms with Gasteiger partial charge in [0.2, 0.25) is 5.91 Å². The van der Waals surface area contributed by atoms with Gasteiger partial charge in [-0.3, -0.25) is 24.6 Å². The summed E-state index contributed by atoms with van der Waals surface area (Å²) in [5.41, 5.74) is 6.31. The van der Waals surface area contributed by atoms with Gasteiger partial charge in [0, 0.05) is 11.1 Å². The Kier molecular flexibility index (Phi) is 7.84. The van der Waals surface area contributed by atoms with E-state index in [2.05, 4.69) is 10.9 Å². The first-order chi connectivity index (χ1) is 19.8. The molecule has 0 aromatic heterocycles. The molecule has 1 aliphatic rings. The number of methoxy groups -OCH3 is 1. The number of carbonyl (C=O) groups excluding carboxylic acids is 5. The Bertz CT molecular complexity index is 1670. The largest absolute Gasteiger partial charge is 0.497 e. The third kappa shape index (κ3) is 5.97. The molecule has 1 atom stereocenters. The zero-order valence-electron chi connectivity index (χ0n) is 22.0. The van der Waals surface area contributed by atoms with Gasteiger partial charge in [-0.1, -0.05) is 42.5 Å². The Morgan fingerprint density at radius 3 is 2.32 bits per heavy atom. The highest BCUT2D eigenvalue weighted by Crippen LogP contribution is 2.24. The van der Waals surface area contributed by atoms with Crippen molar-refractivity contribution in [3.63, 3.8) is 0 Å². The van der Waals surface area contributed by atoms with E-state index in [1.54, 1.807) is 36.4 Å². The first-order valence-electron chi connectivity index (χ1n) is 12.7. The molecule has 2 N–H and O–H groups in total. The Hall–Kier alpha value is -5.35. The van der Waals surface area contributed by atoms with Crippen LogP contribution < -0.4 is 20.5 Å². The molecule has 1 saturated heterocycles. The van der Waals surface area contributed by atoms with Gasteiger partial charge in [-0.2, -0.15) is 0 Å². The van der Waals surface area contributed by atoms with E-state index >= 15 is 0 Å². The SMILES string of the molecule is COc1cccc(C(=O)COC(=O)c2ccc(N3C(=O)CC(NNC(=O)c4ccc5ccccc5c4)C3=O)cc2)c1. The summed E-state index contributed by atoms with van der Waals surface area (Å²) in [6, 6.07) is 24.1. The Morgan fingerprint density at radius 2 is 1.56 bits per heavy atom. The van der Waals surface area contributed by atoms with Crippen LogP contribution in [0, 0.1) is 0 Å². The van der Waals surface area contributed by atoms with Crippen molar-refractivity contribution < 1.29 is 33.4 Å². The van der Waals surface area contributed by atoms with Gasteiger partial charge in [-0.25, -0.2) is 15.1 Å². The Morgan fingerprint density at radius 1 is 0.829 bits per heavy atom. The summed E-state index contributed by atoms with van der Waals surface area (Å²) in [6.45, 7) is -0.463. The standard InChI is InChI=1S/C31H25N3O7/c1-40-25-8-4-7-22(16-25)27(35)18-41-31(39)20-11-13-24(14-12-20)34-28(36)17-26(30(34)38)32-33-29(37)23-10-9-19-5-2-3-6-21(19)15-23/h2-16,26,32H,17-18H2,1H3,(H,33,37). The number of ether oxygens (including phenoxy) is 2. The highest BCUT2D eigenvalue weighted by Gasteiger charge is 2.39. The first kappa shape index (κ1) is 27.2. The van der Waals surface area contributed by atoms with E-state index in [-0.39, 0.29) is 17.7 Å². The Labute approximate surface area is 234 Å². The van der Waals surface area contributed by atoms with Crippen LogP contribution >= 0.6 is 0 Å². The number of hydrogen-bond donors (Lipinski definition) is 2. The molecule has 1 heterocycles. The maximum Gasteiger partial charge on any atom is 0.338 e. The van der Waals surface area contributed by atoms with Crippen molar-refractivity contribution in [2.24, 2.45) is 0 Å². The van der Waals surface area contributed by atoms with E-state index in [1.165, 1.54) is 31.4 Å². The van der Waals surface area contributed by atoms with Crippen LogP contribution in [0.5, 0.6) is 5.75 Å². The molecule has 3 amide bonds. The number of carbonyl (C=O) groups is 5. The molecule has 206 valence electrons. The zero-order valence-corrected chi connectivity index (χ0v) is 22.0. The topological polar surface area (TPSA) is 131 Å². The fraction of sp³-hybridized carbons (Fsp3) is 0.129. The van der Waals surface area contributed by atoms with Gasteiger partial charge in [0.15, 0.2) is 12.4 Å². The molecule has 4 aromatic rings. The van der Waals surface area contributed by atoms with Crippen LogP contribution in [0.3, 0.4) is 0 Å². The summed E-state index contributed by atoms with van der Waals surface area (Å²) >= 11 is 0. The summed E-state index contributed by atoms with van der Waals surface area (Å²) in [7, 11) is 1.48. The maximum atomic E-state index is 13.0. The zero-order chi connectivity index (χ0) is 28.9. The third-order valence-corrected chi connectivity index (χ3v) is 6.61. The van der Waals surface area contributed by atoms with Crippen molar-refractivity contribution in [3.8, 4) is 5.75 Å². The molecule has 1 unspecified atom stereocenters. The number of hydrazine groups is 1. The number of fused-ring (bicyclic) bond motifs is 1. The summed E-state index contributed by atoms with van der Waals surface area (Å²) in [5, 5.41) is 1.89. The molecule has 5 rings (SSSR count). The van der Waals surface area contributed by atoms with Crippen molar-refractivity contribution in [1.82, 2.24) is 10.9 Å². The molecule has 1 aliphatic heterocycles. The lowest BCUT2D eigenvalue weighted by Crippen LogP contribution is -2.48. The number of nitrogens with one attached hydrogen (secondary N) is 2. The molecule has 0 radical (unpaired) electrons. The van der Waals surface area contributed by atoms with Gasteiger partial charge < -0.3 is 9.47 Å². The lowest BCUT2D eigenvalue weighted by atomic mass is 10.1. The first-order valence-corrected chi connectivity index (χ1v) is 12.7. The number of ketones is 1. The fourth-order valence-corrected chi connectivity index (χ4v) is 4.41. The van der Waals surface area contributed by atoms with Crippen LogP contribution in [0.15, 0.2) is 91.0 Å². The number of benzene rings is 4. The molecule has 41 heavy (non-hydrogen) atoms. The number of nitrogens with zero attached hydrogens (tertiary/aromatic N) is 1. The molecule has 0 aliphatic carbocycles. The van der Waals surface area contributed by atoms with Crippen LogP contribution in [0.25, 0.3) is 10.8 Å². The second-order valence-corrected chi connectivity index (χ2v) is 9.26. The number of esters is 1. The minimum atomic E-state index is -0.959. The van der Waals surface area contributed by atoms with E-state index in [9.17, 15) is 24.0 Å². The second-order valence-electron chi connectivity index (χ2n) is 9.26. The van der Waals surface area contributed by atoms with E-state index in [4.69, 9.17) is 9.47 Å². The van der Waals surface area contributed by atoms with Crippen LogP contribution in [-0.2, 0) is 14.3 Å². The highest BCUT2D eigenvalue weighted by atomic mass is 16.5. The average Bonchev–Trinajstić information content (AvgIpc) is 3.30. The summed E-state index contributed by atoms with van der Waals surface area (Å²) < 4.78 is 10.2. The quantitative estimate of drug-likeness (QED) is 0.140. The molecular formula is C31H25N3O7. The second kappa shape index (κ2) is 11.8. The van der Waals surface area contributed by atoms with E-state index in [1.807, 2.05) is 30.3 Å². The van der Waals surface area contributed by atoms with Gasteiger partial charge >= 0.3 is 5.97 Å². The molecule has 0 spiro atoms. The molecular weight excluding hydrogens is 526 g/mol. The number of rotatable bonds is 9. The number of anilines is 1. The van der Waals surface area contributed by atoms with Gasteiger partial charge in [0.1, 0.15) is 11.8 Å². The molecule has 0 saturated carbocycles. The number of amides is 3. The van der Waals surface area contributed by atoms with Crippen LogP contribution in [0.2, 0.25) is 0 Å². The number of imide groups is 1. The van der Waals surface area contributed by atoms with Gasteiger partial charge in [0.05, 0.1) is 24.8 Å². The summed E-state index contributed by atoms with van der Waals surface area (Å²) in [5.74, 6) is -2.08. The minimum absolute atomic E-state index is 0.142. The van der Waals surface area contributed by atoms with Crippen LogP contribution in [0.4, 0.5) is 5.69 Å². The third-order valence-electron chi connectivity index (χ3n) is 6.61. The number of Topliss-reactive ketones (excluding diaryl/α,β-unsaturated/α-hetero) is 1. The number of hydrogen-bond acceptors (Lipinski definition) is 8. The van der Waals surface area contributed by atoms with Crippen LogP contribution in [-0.4, -0.2) is 49.2 Å². The summed E-state index contributed by atoms with van der Waals surface area (Å²) in [6.07, 6.45) is -0.160. The average molecular weight is 552 g/mol. The van der Waals surface area contributed by atoms with Crippen molar-refractivity contribution in [3.05, 3.63) is 108 Å². The maximum absolute atomic E-state index is 13.0. The van der Waals surface area contributed by atoms with Gasteiger partial charge in [-0.05, 0) is 59.3 Å². The molecule has 4 aromatic carbocycles. The predicted octanol–water partition coefficient (Wildman–Crippen LogP) is 3.45. The smallest absolute Gasteiger partial charge is 0.338 e. The van der Waals surface area contributed by atoms with Crippen molar-refractivity contribution >= 4 is 45.9 Å². The summed E-state index contributed by atoms with van der Waals surface area (Å²) in [4.78, 5) is 64.1. The van der Waals surface area contributed by atoms with Crippen molar-refractivity contribution in [2.45, 2.75) is 12.5 Å². The Balaban J connectivity index is 1.16. The van der Waals surface area contributed by atoms with Crippen molar-refractivity contribution in [1.29, 1.82) is 0 Å². The lowest BCUT2D eigenvalue weighted by Gasteiger charge is -2.16. The highest BCUT2D eigenvalue weighted by molar-refractivity contribution is 6.22. The van der Waals surface area contributed by atoms with Crippen molar-refractivity contribution in [2.75, 3.05) is 18.6 Å². The lowest BCUT2D eigenvalue weighted by molar-refractivity contribution is -0.121. The monoisotopic (exact) mass is 551 g/mol. The van der Waals surface area contributed by atoms with Gasteiger partial charge in [-0.15, -0.1) is 0 Å². The molecule has 0 bridgehead atoms. The normalized spacial score (nSPS) is 14.7. The molecule has 10 nitrogen and oxygen atoms in total. The van der Waals surface area contributed by atoms with Crippen LogP contribution in [0.1, 0.15) is 37.5 Å². The fourth-order valence-electron chi connectivity index (χ4n) is 4.41. The molecule has 1 fully saturated rings. The van der Waals surface area contributed by atoms with E-state index in [0.717, 1.165) is 15.7 Å². The van der Waals surface area contributed by atoms with E-state index in [0.29, 0.717) is 16.9 Å².